The van der Waals surface area contributed by atoms with Gasteiger partial charge in [-0.15, -0.1) is 0 Å². The summed E-state index contributed by atoms with van der Waals surface area (Å²) in [4.78, 5) is 10.4. The minimum Gasteiger partial charge on any atom is -0.301 e. The van der Waals surface area contributed by atoms with Crippen LogP contribution in [0.25, 0.3) is 0 Å². The van der Waals surface area contributed by atoms with E-state index in [1.54, 1.807) is 20.8 Å². The SMILES string of the molecule is CC(C)(C)c1cc(C(F)(F)C(F)(F)F)nn1CC=O. The third-order valence-corrected chi connectivity index (χ3v) is 2.47. The molecular formula is C11H13F5N2O. The van der Waals surface area contributed by atoms with E-state index in [-0.39, 0.29) is 12.2 Å². The summed E-state index contributed by atoms with van der Waals surface area (Å²) >= 11 is 0. The first-order chi connectivity index (χ1) is 8.41. The zero-order valence-electron chi connectivity index (χ0n) is 10.6. The maximum atomic E-state index is 13.2. The lowest BCUT2D eigenvalue weighted by Crippen LogP contribution is -2.34. The summed E-state index contributed by atoms with van der Waals surface area (Å²) in [5, 5.41) is 3.22. The van der Waals surface area contributed by atoms with Crippen LogP contribution >= 0.6 is 0 Å². The molecule has 8 heteroatoms. The molecule has 0 bridgehead atoms. The van der Waals surface area contributed by atoms with Gasteiger partial charge in [-0.3, -0.25) is 4.68 Å². The zero-order valence-corrected chi connectivity index (χ0v) is 10.6. The van der Waals surface area contributed by atoms with E-state index < -0.39 is 23.2 Å². The van der Waals surface area contributed by atoms with Crippen molar-refractivity contribution in [3.8, 4) is 0 Å². The average Bonchev–Trinajstić information content (AvgIpc) is 2.60. The molecule has 0 saturated carbocycles. The van der Waals surface area contributed by atoms with E-state index >= 15 is 0 Å². The fourth-order valence-corrected chi connectivity index (χ4v) is 1.53. The van der Waals surface area contributed by atoms with Crippen molar-refractivity contribution in [2.75, 3.05) is 0 Å². The molecule has 0 aromatic carbocycles. The Morgan fingerprint density at radius 1 is 1.21 bits per heavy atom. The summed E-state index contributed by atoms with van der Waals surface area (Å²) in [6, 6.07) is 0.691. The average molecular weight is 284 g/mol. The number of hydrogen-bond acceptors (Lipinski definition) is 2. The summed E-state index contributed by atoms with van der Waals surface area (Å²) < 4.78 is 64.1. The Kier molecular flexibility index (Phi) is 3.75. The van der Waals surface area contributed by atoms with Crippen molar-refractivity contribution in [1.82, 2.24) is 9.78 Å². The zero-order chi connectivity index (χ0) is 15.1. The van der Waals surface area contributed by atoms with Crippen LogP contribution in [0.15, 0.2) is 6.07 Å². The lowest BCUT2D eigenvalue weighted by molar-refractivity contribution is -0.291. The summed E-state index contributed by atoms with van der Waals surface area (Å²) in [6.45, 7) is 4.50. The Hall–Kier alpha value is -1.47. The largest absolute Gasteiger partial charge is 0.459 e. The Balaban J connectivity index is 3.37. The molecule has 0 fully saturated rings. The van der Waals surface area contributed by atoms with Crippen LogP contribution in [-0.4, -0.2) is 22.2 Å². The quantitative estimate of drug-likeness (QED) is 0.631. The van der Waals surface area contributed by atoms with Crippen LogP contribution in [0.3, 0.4) is 0 Å². The molecule has 0 spiro atoms. The minimum absolute atomic E-state index is 0.138. The number of carbonyl (C=O) groups excluding carboxylic acids is 1. The Morgan fingerprint density at radius 3 is 2.11 bits per heavy atom. The fraction of sp³-hybridized carbons (Fsp3) is 0.636. The lowest BCUT2D eigenvalue weighted by Gasteiger charge is -2.19. The number of nitrogens with zero attached hydrogens (tertiary/aromatic N) is 2. The van der Waals surface area contributed by atoms with Gasteiger partial charge in [0, 0.05) is 11.1 Å². The molecule has 108 valence electrons. The Labute approximate surface area is 106 Å². The highest BCUT2D eigenvalue weighted by molar-refractivity contribution is 5.49. The summed E-state index contributed by atoms with van der Waals surface area (Å²) in [5.74, 6) is -5.04. The lowest BCUT2D eigenvalue weighted by atomic mass is 9.91. The Bertz CT molecular complexity index is 470. The predicted molar refractivity (Wildman–Crippen MR) is 56.9 cm³/mol. The van der Waals surface area contributed by atoms with Crippen LogP contribution in [-0.2, 0) is 22.7 Å². The summed E-state index contributed by atoms with van der Waals surface area (Å²) in [5.41, 5.74) is -1.97. The molecular weight excluding hydrogens is 271 g/mol. The van der Waals surface area contributed by atoms with Crippen LogP contribution in [0.4, 0.5) is 22.0 Å². The second kappa shape index (κ2) is 4.57. The number of hydrogen-bond donors (Lipinski definition) is 0. The molecule has 0 N–H and O–H groups in total. The third-order valence-electron chi connectivity index (χ3n) is 2.47. The second-order valence-electron chi connectivity index (χ2n) is 5.09. The highest BCUT2D eigenvalue weighted by Crippen LogP contribution is 2.44. The van der Waals surface area contributed by atoms with Gasteiger partial charge in [-0.05, 0) is 6.07 Å². The van der Waals surface area contributed by atoms with Crippen molar-refractivity contribution in [2.45, 2.75) is 44.8 Å². The highest BCUT2D eigenvalue weighted by Gasteiger charge is 2.60. The van der Waals surface area contributed by atoms with Crippen LogP contribution < -0.4 is 0 Å². The summed E-state index contributed by atoms with van der Waals surface area (Å²) in [6.07, 6.45) is -5.33. The van der Waals surface area contributed by atoms with Gasteiger partial charge in [-0.25, -0.2) is 0 Å². The Morgan fingerprint density at radius 2 is 1.74 bits per heavy atom. The van der Waals surface area contributed by atoms with Crippen LogP contribution in [0.1, 0.15) is 32.2 Å². The van der Waals surface area contributed by atoms with Gasteiger partial charge in [0.15, 0.2) is 0 Å². The molecule has 1 heterocycles. The second-order valence-corrected chi connectivity index (χ2v) is 5.09. The van der Waals surface area contributed by atoms with Crippen LogP contribution in [0.5, 0.6) is 0 Å². The van der Waals surface area contributed by atoms with E-state index in [0.29, 0.717) is 12.4 Å². The van der Waals surface area contributed by atoms with Gasteiger partial charge in [-0.2, -0.15) is 27.1 Å². The minimum atomic E-state index is -5.72. The number of halogens is 5. The third kappa shape index (κ3) is 2.93. The molecule has 1 aromatic heterocycles. The monoisotopic (exact) mass is 284 g/mol. The smallest absolute Gasteiger partial charge is 0.301 e. The number of rotatable bonds is 3. The molecule has 0 unspecified atom stereocenters. The molecule has 0 aliphatic heterocycles. The number of alkyl halides is 5. The highest BCUT2D eigenvalue weighted by atomic mass is 19.4. The van der Waals surface area contributed by atoms with Gasteiger partial charge in [0.2, 0.25) is 0 Å². The summed E-state index contributed by atoms with van der Waals surface area (Å²) in [7, 11) is 0. The van der Waals surface area contributed by atoms with Gasteiger partial charge in [0.25, 0.3) is 0 Å². The van der Waals surface area contributed by atoms with Crippen molar-refractivity contribution in [3.05, 3.63) is 17.5 Å². The van der Waals surface area contributed by atoms with Crippen molar-refractivity contribution in [2.24, 2.45) is 0 Å². The van der Waals surface area contributed by atoms with Gasteiger partial charge in [0.05, 0.1) is 6.54 Å². The first-order valence-electron chi connectivity index (χ1n) is 5.38. The molecule has 0 atom stereocenters. The van der Waals surface area contributed by atoms with Gasteiger partial charge >= 0.3 is 12.1 Å². The van der Waals surface area contributed by atoms with Crippen molar-refractivity contribution in [1.29, 1.82) is 0 Å². The first-order valence-corrected chi connectivity index (χ1v) is 5.38. The molecule has 1 aromatic rings. The fourth-order valence-electron chi connectivity index (χ4n) is 1.53. The van der Waals surface area contributed by atoms with E-state index in [0.717, 1.165) is 4.68 Å². The molecule has 3 nitrogen and oxygen atoms in total. The van der Waals surface area contributed by atoms with Crippen molar-refractivity contribution in [3.63, 3.8) is 0 Å². The van der Waals surface area contributed by atoms with Crippen molar-refractivity contribution >= 4 is 6.29 Å². The molecule has 0 saturated heterocycles. The van der Waals surface area contributed by atoms with E-state index in [2.05, 4.69) is 5.10 Å². The van der Waals surface area contributed by atoms with E-state index in [1.807, 2.05) is 0 Å². The number of carbonyl (C=O) groups is 1. The topological polar surface area (TPSA) is 34.9 Å². The first kappa shape index (κ1) is 15.6. The van der Waals surface area contributed by atoms with E-state index in [9.17, 15) is 26.7 Å². The maximum Gasteiger partial charge on any atom is 0.459 e. The van der Waals surface area contributed by atoms with Crippen molar-refractivity contribution < 1.29 is 26.7 Å². The molecule has 0 aliphatic rings. The van der Waals surface area contributed by atoms with Gasteiger partial charge in [0.1, 0.15) is 12.0 Å². The molecule has 0 radical (unpaired) electrons. The van der Waals surface area contributed by atoms with E-state index in [1.165, 1.54) is 0 Å². The van der Waals surface area contributed by atoms with Crippen LogP contribution in [0.2, 0.25) is 0 Å². The molecule has 19 heavy (non-hydrogen) atoms. The van der Waals surface area contributed by atoms with Gasteiger partial charge in [-0.1, -0.05) is 20.8 Å². The van der Waals surface area contributed by atoms with Gasteiger partial charge < -0.3 is 4.79 Å². The standard InChI is InChI=1S/C11H13F5N2O/c1-9(2,3)8-6-7(17-18(8)4-5-19)10(12,13)11(14,15)16/h5-6H,4H2,1-3H3. The van der Waals surface area contributed by atoms with Crippen LogP contribution in [0, 0.1) is 0 Å². The molecule has 0 aliphatic carbocycles. The number of aldehydes is 1. The van der Waals surface area contributed by atoms with E-state index in [4.69, 9.17) is 0 Å². The normalized spacial score (nSPS) is 13.7. The maximum absolute atomic E-state index is 13.2. The molecule has 1 rings (SSSR count). The number of aromatic nitrogens is 2. The molecule has 0 amide bonds. The predicted octanol–water partition coefficient (Wildman–Crippen LogP) is 3.03.